The molecule has 0 spiro atoms. The Hall–Kier alpha value is -0.560. The van der Waals surface area contributed by atoms with Crippen molar-refractivity contribution in [2.45, 2.75) is 13.8 Å². The summed E-state index contributed by atoms with van der Waals surface area (Å²) in [6, 6.07) is 0. The zero-order valence-electron chi connectivity index (χ0n) is 6.13. The van der Waals surface area contributed by atoms with E-state index in [-0.39, 0.29) is 0 Å². The third-order valence-corrected chi connectivity index (χ3v) is 0.900. The standard InChI is InChI=1S/C8H14O/c1-3-5-7-9-8-6-4-2/h3-6H,7-8H2,1-2H3. The molecule has 0 bridgehead atoms. The van der Waals surface area contributed by atoms with Gasteiger partial charge in [0.25, 0.3) is 0 Å². The highest BCUT2D eigenvalue weighted by molar-refractivity contribution is 4.79. The van der Waals surface area contributed by atoms with Gasteiger partial charge in [0.15, 0.2) is 0 Å². The first-order valence-corrected chi connectivity index (χ1v) is 3.22. The van der Waals surface area contributed by atoms with Gasteiger partial charge in [-0.3, -0.25) is 0 Å². The summed E-state index contributed by atoms with van der Waals surface area (Å²) in [5.41, 5.74) is 0. The zero-order chi connectivity index (χ0) is 6.95. The van der Waals surface area contributed by atoms with Gasteiger partial charge in [-0.1, -0.05) is 24.3 Å². The molecule has 0 amide bonds. The highest BCUT2D eigenvalue weighted by atomic mass is 16.5. The summed E-state index contributed by atoms with van der Waals surface area (Å²) in [6.07, 6.45) is 7.94. The van der Waals surface area contributed by atoms with Gasteiger partial charge in [0.05, 0.1) is 13.2 Å². The van der Waals surface area contributed by atoms with Crippen LogP contribution in [0.15, 0.2) is 24.3 Å². The molecule has 0 aliphatic carbocycles. The third-order valence-electron chi connectivity index (χ3n) is 0.900. The van der Waals surface area contributed by atoms with Gasteiger partial charge in [-0.25, -0.2) is 0 Å². The maximum Gasteiger partial charge on any atom is 0.0651 e. The lowest BCUT2D eigenvalue weighted by molar-refractivity contribution is 0.194. The average Bonchev–Trinajstić information content (AvgIpc) is 1.89. The molecule has 9 heavy (non-hydrogen) atoms. The van der Waals surface area contributed by atoms with Crippen molar-refractivity contribution in [1.29, 1.82) is 0 Å². The molecule has 0 N–H and O–H groups in total. The predicted molar refractivity (Wildman–Crippen MR) is 40.4 cm³/mol. The lowest BCUT2D eigenvalue weighted by Gasteiger charge is -1.91. The highest BCUT2D eigenvalue weighted by Crippen LogP contribution is 1.78. The summed E-state index contributed by atoms with van der Waals surface area (Å²) in [6.45, 7) is 5.42. The first kappa shape index (κ1) is 8.44. The van der Waals surface area contributed by atoms with E-state index < -0.39 is 0 Å². The predicted octanol–water partition coefficient (Wildman–Crippen LogP) is 2.16. The van der Waals surface area contributed by atoms with Crippen molar-refractivity contribution in [3.05, 3.63) is 24.3 Å². The van der Waals surface area contributed by atoms with E-state index in [9.17, 15) is 0 Å². The van der Waals surface area contributed by atoms with Crippen molar-refractivity contribution in [1.82, 2.24) is 0 Å². The second-order valence-corrected chi connectivity index (χ2v) is 1.68. The first-order chi connectivity index (χ1) is 4.41. The van der Waals surface area contributed by atoms with Crippen LogP contribution in [0.25, 0.3) is 0 Å². The Morgan fingerprint density at radius 1 is 1.00 bits per heavy atom. The van der Waals surface area contributed by atoms with Gasteiger partial charge in [0, 0.05) is 0 Å². The molecule has 0 saturated carbocycles. The molecular formula is C8H14O. The Morgan fingerprint density at radius 2 is 1.44 bits per heavy atom. The third kappa shape index (κ3) is 7.44. The first-order valence-electron chi connectivity index (χ1n) is 3.22. The van der Waals surface area contributed by atoms with E-state index in [0.29, 0.717) is 0 Å². The van der Waals surface area contributed by atoms with Gasteiger partial charge in [-0.15, -0.1) is 0 Å². The number of allylic oxidation sites excluding steroid dienone is 2. The van der Waals surface area contributed by atoms with Crippen molar-refractivity contribution in [3.63, 3.8) is 0 Å². The second-order valence-electron chi connectivity index (χ2n) is 1.68. The summed E-state index contributed by atoms with van der Waals surface area (Å²) in [7, 11) is 0. The van der Waals surface area contributed by atoms with Gasteiger partial charge in [0.2, 0.25) is 0 Å². The fourth-order valence-corrected chi connectivity index (χ4v) is 0.397. The van der Waals surface area contributed by atoms with E-state index in [1.54, 1.807) is 0 Å². The summed E-state index contributed by atoms with van der Waals surface area (Å²) in [5, 5.41) is 0. The van der Waals surface area contributed by atoms with Crippen LogP contribution in [0.3, 0.4) is 0 Å². The maximum absolute atomic E-state index is 5.14. The lowest BCUT2D eigenvalue weighted by atomic mass is 10.5. The van der Waals surface area contributed by atoms with E-state index >= 15 is 0 Å². The van der Waals surface area contributed by atoms with Crippen LogP contribution in [0.4, 0.5) is 0 Å². The molecule has 0 saturated heterocycles. The van der Waals surface area contributed by atoms with Crippen LogP contribution in [-0.2, 0) is 4.74 Å². The smallest absolute Gasteiger partial charge is 0.0651 e. The molecule has 1 nitrogen and oxygen atoms in total. The van der Waals surface area contributed by atoms with Crippen LogP contribution in [0, 0.1) is 0 Å². The maximum atomic E-state index is 5.14. The molecular weight excluding hydrogens is 112 g/mol. The quantitative estimate of drug-likeness (QED) is 0.414. The minimum Gasteiger partial charge on any atom is -0.373 e. The van der Waals surface area contributed by atoms with Crippen LogP contribution in [0.1, 0.15) is 13.8 Å². The molecule has 0 aromatic heterocycles. The minimum absolute atomic E-state index is 0.723. The van der Waals surface area contributed by atoms with Gasteiger partial charge >= 0.3 is 0 Å². The topological polar surface area (TPSA) is 9.23 Å². The molecule has 0 aliphatic heterocycles. The van der Waals surface area contributed by atoms with E-state index in [1.165, 1.54) is 0 Å². The van der Waals surface area contributed by atoms with Crippen molar-refractivity contribution < 1.29 is 4.74 Å². The Bertz CT molecular complexity index is 80.7. The Balaban J connectivity index is 2.91. The summed E-state index contributed by atoms with van der Waals surface area (Å²) in [4.78, 5) is 0. The minimum atomic E-state index is 0.723. The molecule has 0 rings (SSSR count). The van der Waals surface area contributed by atoms with E-state index in [2.05, 4.69) is 0 Å². The monoisotopic (exact) mass is 126 g/mol. The molecule has 0 fully saturated rings. The van der Waals surface area contributed by atoms with Crippen LogP contribution < -0.4 is 0 Å². The Morgan fingerprint density at radius 3 is 1.78 bits per heavy atom. The summed E-state index contributed by atoms with van der Waals surface area (Å²) in [5.74, 6) is 0. The van der Waals surface area contributed by atoms with Gasteiger partial charge in [-0.05, 0) is 13.8 Å². The van der Waals surface area contributed by atoms with Crippen LogP contribution in [0.5, 0.6) is 0 Å². The molecule has 52 valence electrons. The van der Waals surface area contributed by atoms with Crippen LogP contribution in [-0.4, -0.2) is 13.2 Å². The van der Waals surface area contributed by atoms with E-state index in [4.69, 9.17) is 4.74 Å². The van der Waals surface area contributed by atoms with Gasteiger partial charge in [0.1, 0.15) is 0 Å². The molecule has 0 radical (unpaired) electrons. The molecule has 0 aliphatic rings. The molecule has 0 heterocycles. The lowest BCUT2D eigenvalue weighted by Crippen LogP contribution is -1.89. The van der Waals surface area contributed by atoms with Crippen molar-refractivity contribution >= 4 is 0 Å². The van der Waals surface area contributed by atoms with E-state index in [1.807, 2.05) is 38.2 Å². The van der Waals surface area contributed by atoms with Gasteiger partial charge < -0.3 is 4.74 Å². The fraction of sp³-hybridized carbons (Fsp3) is 0.500. The van der Waals surface area contributed by atoms with Gasteiger partial charge in [-0.2, -0.15) is 0 Å². The second kappa shape index (κ2) is 7.44. The van der Waals surface area contributed by atoms with E-state index in [0.717, 1.165) is 13.2 Å². The SMILES string of the molecule is CC=CCOCC=CC. The Labute approximate surface area is 57.0 Å². The molecule has 0 aromatic rings. The average molecular weight is 126 g/mol. The number of rotatable bonds is 4. The molecule has 0 unspecified atom stereocenters. The molecule has 0 atom stereocenters. The van der Waals surface area contributed by atoms with Crippen LogP contribution >= 0.6 is 0 Å². The largest absolute Gasteiger partial charge is 0.373 e. The number of ether oxygens (including phenoxy) is 1. The van der Waals surface area contributed by atoms with Crippen molar-refractivity contribution in [3.8, 4) is 0 Å². The fourth-order valence-electron chi connectivity index (χ4n) is 0.397. The Kier molecular flexibility index (Phi) is 6.98. The van der Waals surface area contributed by atoms with Crippen molar-refractivity contribution in [2.75, 3.05) is 13.2 Å². The normalized spacial score (nSPS) is 11.8. The van der Waals surface area contributed by atoms with Crippen molar-refractivity contribution in [2.24, 2.45) is 0 Å². The summed E-state index contributed by atoms with van der Waals surface area (Å²) < 4.78 is 5.14. The highest BCUT2D eigenvalue weighted by Gasteiger charge is 1.74. The zero-order valence-corrected chi connectivity index (χ0v) is 6.13. The molecule has 0 aromatic carbocycles. The summed E-state index contributed by atoms with van der Waals surface area (Å²) >= 11 is 0. The number of hydrogen-bond donors (Lipinski definition) is 0. The molecule has 1 heteroatoms. The van der Waals surface area contributed by atoms with Crippen LogP contribution in [0.2, 0.25) is 0 Å². The number of hydrogen-bond acceptors (Lipinski definition) is 1.